The predicted molar refractivity (Wildman–Crippen MR) is 101 cm³/mol. The second-order valence-electron chi connectivity index (χ2n) is 5.64. The van der Waals surface area contributed by atoms with Gasteiger partial charge in [0.05, 0.1) is 21.3 Å². The van der Waals surface area contributed by atoms with E-state index in [0.717, 1.165) is 5.56 Å². The van der Waals surface area contributed by atoms with Gasteiger partial charge in [-0.1, -0.05) is 0 Å². The molecule has 0 aromatic heterocycles. The summed E-state index contributed by atoms with van der Waals surface area (Å²) < 4.78 is 26.9. The zero-order valence-electron chi connectivity index (χ0n) is 15.4. The van der Waals surface area contributed by atoms with E-state index >= 15 is 0 Å². The summed E-state index contributed by atoms with van der Waals surface area (Å²) in [6, 6.07) is 8.79. The van der Waals surface area contributed by atoms with Crippen LogP contribution in [-0.2, 0) is 4.79 Å². The van der Waals surface area contributed by atoms with Gasteiger partial charge in [-0.3, -0.25) is 4.79 Å². The Morgan fingerprint density at radius 2 is 1.63 bits per heavy atom. The molecule has 0 saturated heterocycles. The third-order valence-corrected chi connectivity index (χ3v) is 3.92. The Bertz CT molecular complexity index is 837. The summed E-state index contributed by atoms with van der Waals surface area (Å²) in [7, 11) is 4.62. The number of nitrogens with one attached hydrogen (secondary N) is 1. The van der Waals surface area contributed by atoms with E-state index in [1.807, 2.05) is 0 Å². The molecular formula is C20H21NO6. The van der Waals surface area contributed by atoms with E-state index in [4.69, 9.17) is 23.7 Å². The molecule has 27 heavy (non-hydrogen) atoms. The maximum atomic E-state index is 12.2. The van der Waals surface area contributed by atoms with Crippen molar-refractivity contribution < 1.29 is 28.5 Å². The number of ether oxygens (including phenoxy) is 5. The maximum Gasteiger partial charge on any atom is 0.248 e. The number of carbonyl (C=O) groups excluding carboxylic acids is 1. The van der Waals surface area contributed by atoms with Gasteiger partial charge in [-0.25, -0.2) is 0 Å². The van der Waals surface area contributed by atoms with Crippen molar-refractivity contribution in [2.45, 2.75) is 0 Å². The third-order valence-electron chi connectivity index (χ3n) is 3.92. The molecule has 1 aliphatic heterocycles. The summed E-state index contributed by atoms with van der Waals surface area (Å²) in [6.45, 7) is 1.02. The van der Waals surface area contributed by atoms with Crippen LogP contribution in [0.4, 0.5) is 5.69 Å². The van der Waals surface area contributed by atoms with Crippen LogP contribution in [0.15, 0.2) is 36.4 Å². The van der Waals surface area contributed by atoms with Gasteiger partial charge in [0, 0.05) is 17.8 Å². The Balaban J connectivity index is 1.73. The molecule has 1 N–H and O–H groups in total. The first kappa shape index (κ1) is 18.4. The number of anilines is 1. The zero-order chi connectivity index (χ0) is 19.2. The molecule has 0 saturated carbocycles. The lowest BCUT2D eigenvalue weighted by Gasteiger charge is -2.18. The highest BCUT2D eigenvalue weighted by Gasteiger charge is 2.13. The van der Waals surface area contributed by atoms with Crippen LogP contribution in [0, 0.1) is 0 Å². The summed E-state index contributed by atoms with van der Waals surface area (Å²) in [6.07, 6.45) is 3.09. The number of benzene rings is 2. The molecule has 0 spiro atoms. The summed E-state index contributed by atoms with van der Waals surface area (Å²) in [5, 5.41) is 2.79. The van der Waals surface area contributed by atoms with Crippen molar-refractivity contribution in [3.8, 4) is 28.7 Å². The molecule has 1 heterocycles. The van der Waals surface area contributed by atoms with E-state index in [0.29, 0.717) is 47.6 Å². The van der Waals surface area contributed by atoms with E-state index in [1.165, 1.54) is 13.2 Å². The van der Waals surface area contributed by atoms with E-state index in [1.54, 1.807) is 50.6 Å². The summed E-state index contributed by atoms with van der Waals surface area (Å²) in [5.41, 5.74) is 1.36. The van der Waals surface area contributed by atoms with Crippen LogP contribution < -0.4 is 29.0 Å². The van der Waals surface area contributed by atoms with Crippen molar-refractivity contribution in [2.24, 2.45) is 0 Å². The Kier molecular flexibility index (Phi) is 5.71. The molecule has 0 radical (unpaired) electrons. The van der Waals surface area contributed by atoms with Crippen LogP contribution in [0.3, 0.4) is 0 Å². The van der Waals surface area contributed by atoms with Crippen molar-refractivity contribution in [2.75, 3.05) is 39.9 Å². The van der Waals surface area contributed by atoms with Gasteiger partial charge in [0.1, 0.15) is 13.2 Å². The van der Waals surface area contributed by atoms with Crippen LogP contribution in [0.5, 0.6) is 28.7 Å². The van der Waals surface area contributed by atoms with Crippen LogP contribution in [-0.4, -0.2) is 40.5 Å². The van der Waals surface area contributed by atoms with E-state index in [-0.39, 0.29) is 5.91 Å². The lowest BCUT2D eigenvalue weighted by atomic mass is 10.1. The molecule has 2 aromatic carbocycles. The fourth-order valence-electron chi connectivity index (χ4n) is 2.67. The molecule has 1 amide bonds. The van der Waals surface area contributed by atoms with Gasteiger partial charge in [-0.2, -0.15) is 0 Å². The Morgan fingerprint density at radius 1 is 0.963 bits per heavy atom. The molecule has 3 rings (SSSR count). The Labute approximate surface area is 157 Å². The molecule has 0 fully saturated rings. The quantitative estimate of drug-likeness (QED) is 0.787. The standard InChI is InChI=1S/C20H21NO6/c1-23-17-10-13(11-18(24-2)20(17)25-3)4-7-19(22)21-14-5-6-15-16(12-14)27-9-8-26-15/h4-7,10-12H,8-9H2,1-3H3,(H,21,22). The second kappa shape index (κ2) is 8.35. The molecule has 7 nitrogen and oxygen atoms in total. The average Bonchev–Trinajstić information content (AvgIpc) is 2.71. The van der Waals surface area contributed by atoms with Crippen molar-refractivity contribution >= 4 is 17.7 Å². The van der Waals surface area contributed by atoms with Crippen molar-refractivity contribution in [3.63, 3.8) is 0 Å². The minimum absolute atomic E-state index is 0.277. The highest BCUT2D eigenvalue weighted by Crippen LogP contribution is 2.38. The molecule has 0 atom stereocenters. The van der Waals surface area contributed by atoms with E-state index < -0.39 is 0 Å². The largest absolute Gasteiger partial charge is 0.493 e. The SMILES string of the molecule is COc1cc(C=CC(=O)Nc2ccc3c(c2)OCCO3)cc(OC)c1OC. The van der Waals surface area contributed by atoms with Gasteiger partial charge in [-0.05, 0) is 35.9 Å². The molecular weight excluding hydrogens is 350 g/mol. The van der Waals surface area contributed by atoms with E-state index in [2.05, 4.69) is 5.32 Å². The summed E-state index contributed by atoms with van der Waals surface area (Å²) >= 11 is 0. The minimum atomic E-state index is -0.277. The van der Waals surface area contributed by atoms with Gasteiger partial charge in [0.2, 0.25) is 11.7 Å². The molecule has 0 unspecified atom stereocenters. The van der Waals surface area contributed by atoms with Crippen molar-refractivity contribution in [1.82, 2.24) is 0 Å². The second-order valence-corrected chi connectivity index (χ2v) is 5.64. The Morgan fingerprint density at radius 3 is 2.26 bits per heavy atom. The minimum Gasteiger partial charge on any atom is -0.493 e. The average molecular weight is 371 g/mol. The van der Waals surface area contributed by atoms with Crippen LogP contribution >= 0.6 is 0 Å². The monoisotopic (exact) mass is 371 g/mol. The van der Waals surface area contributed by atoms with Gasteiger partial charge in [0.15, 0.2) is 23.0 Å². The zero-order valence-corrected chi connectivity index (χ0v) is 15.4. The first-order chi connectivity index (χ1) is 13.1. The number of fused-ring (bicyclic) bond motifs is 1. The fraction of sp³-hybridized carbons (Fsp3) is 0.250. The normalized spacial score (nSPS) is 12.6. The number of rotatable bonds is 6. The number of amides is 1. The molecule has 1 aliphatic rings. The number of hydrogen-bond donors (Lipinski definition) is 1. The summed E-state index contributed by atoms with van der Waals surface area (Å²) in [5.74, 6) is 2.55. The first-order valence-electron chi connectivity index (χ1n) is 8.33. The van der Waals surface area contributed by atoms with Crippen molar-refractivity contribution in [1.29, 1.82) is 0 Å². The predicted octanol–water partition coefficient (Wildman–Crippen LogP) is 3.14. The van der Waals surface area contributed by atoms with Crippen LogP contribution in [0.1, 0.15) is 5.56 Å². The van der Waals surface area contributed by atoms with Gasteiger partial charge in [0.25, 0.3) is 0 Å². The molecule has 0 aliphatic carbocycles. The molecule has 0 bridgehead atoms. The number of methoxy groups -OCH3 is 3. The fourth-order valence-corrected chi connectivity index (χ4v) is 2.67. The van der Waals surface area contributed by atoms with E-state index in [9.17, 15) is 4.79 Å². The Hall–Kier alpha value is -3.35. The first-order valence-corrected chi connectivity index (χ1v) is 8.33. The topological polar surface area (TPSA) is 75.3 Å². The maximum absolute atomic E-state index is 12.2. The third kappa shape index (κ3) is 4.25. The van der Waals surface area contributed by atoms with Gasteiger partial charge in [-0.15, -0.1) is 0 Å². The highest BCUT2D eigenvalue weighted by molar-refractivity contribution is 6.02. The molecule has 142 valence electrons. The van der Waals surface area contributed by atoms with Gasteiger partial charge >= 0.3 is 0 Å². The number of hydrogen-bond acceptors (Lipinski definition) is 6. The molecule has 2 aromatic rings. The van der Waals surface area contributed by atoms with Crippen LogP contribution in [0.25, 0.3) is 6.08 Å². The highest BCUT2D eigenvalue weighted by atomic mass is 16.6. The number of carbonyl (C=O) groups is 1. The summed E-state index contributed by atoms with van der Waals surface area (Å²) in [4.78, 5) is 12.2. The van der Waals surface area contributed by atoms with Crippen molar-refractivity contribution in [3.05, 3.63) is 42.0 Å². The molecule has 7 heteroatoms. The van der Waals surface area contributed by atoms with Crippen LogP contribution in [0.2, 0.25) is 0 Å². The van der Waals surface area contributed by atoms with Gasteiger partial charge < -0.3 is 29.0 Å². The smallest absolute Gasteiger partial charge is 0.248 e. The lowest BCUT2D eigenvalue weighted by molar-refractivity contribution is -0.111. The lowest BCUT2D eigenvalue weighted by Crippen LogP contribution is -2.16.